The minimum absolute atomic E-state index is 0.353. The lowest BCUT2D eigenvalue weighted by Gasteiger charge is -2.03. The summed E-state index contributed by atoms with van der Waals surface area (Å²) in [6, 6.07) is 0. The highest BCUT2D eigenvalue weighted by Gasteiger charge is 1.86. The van der Waals surface area contributed by atoms with Crippen LogP contribution in [0.25, 0.3) is 5.14 Å². The van der Waals surface area contributed by atoms with Crippen molar-refractivity contribution in [1.82, 2.24) is 4.72 Å². The third-order valence-corrected chi connectivity index (χ3v) is 1.13. The molecule has 0 aliphatic carbocycles. The van der Waals surface area contributed by atoms with Crippen molar-refractivity contribution >= 4 is 10.2 Å². The van der Waals surface area contributed by atoms with Gasteiger partial charge >= 0.3 is 0 Å². The van der Waals surface area contributed by atoms with Gasteiger partial charge in [0, 0.05) is 6.54 Å². The Kier molecular flexibility index (Phi) is 2.96. The Balaban J connectivity index is 3.42. The van der Waals surface area contributed by atoms with Crippen molar-refractivity contribution in [2.24, 2.45) is 0 Å². The molecule has 0 radical (unpaired) electrons. The normalized spacial score (nSPS) is 11.8. The summed E-state index contributed by atoms with van der Waals surface area (Å²) in [6.07, 6.45) is 0.720. The first-order valence-corrected chi connectivity index (χ1v) is 3.79. The molecule has 0 aliphatic rings. The van der Waals surface area contributed by atoms with E-state index in [1.54, 1.807) is 0 Å². The van der Waals surface area contributed by atoms with E-state index in [1.165, 1.54) is 0 Å². The van der Waals surface area contributed by atoms with Gasteiger partial charge in [0.25, 0.3) is 0 Å². The summed E-state index contributed by atoms with van der Waals surface area (Å²) in [6.45, 7) is 2.18. The van der Waals surface area contributed by atoms with E-state index in [0.29, 0.717) is 6.54 Å². The van der Waals surface area contributed by atoms with Gasteiger partial charge in [0.05, 0.1) is 0 Å². The van der Waals surface area contributed by atoms with Crippen LogP contribution in [0.2, 0.25) is 0 Å². The lowest BCUT2D eigenvalue weighted by Crippen LogP contribution is -2.19. The topological polar surface area (TPSA) is 70.0 Å². The van der Waals surface area contributed by atoms with E-state index in [2.05, 4.69) is 0 Å². The van der Waals surface area contributed by atoms with Crippen LogP contribution in [0.1, 0.15) is 13.3 Å². The van der Waals surface area contributed by atoms with E-state index in [4.69, 9.17) is 5.14 Å². The fourth-order valence-corrected chi connectivity index (χ4v) is 0.709. The van der Waals surface area contributed by atoms with Crippen LogP contribution in [-0.2, 0) is 10.2 Å². The first-order valence-electron chi connectivity index (χ1n) is 2.30. The zero-order valence-corrected chi connectivity index (χ0v) is 5.46. The van der Waals surface area contributed by atoms with Gasteiger partial charge in [-0.15, -0.1) is 0 Å². The van der Waals surface area contributed by atoms with Crippen molar-refractivity contribution < 1.29 is 8.42 Å². The zero-order valence-electron chi connectivity index (χ0n) is 4.64. The number of nitrogens with one attached hydrogen (secondary N) is 2. The Labute approximate surface area is 49.3 Å². The molecule has 0 spiro atoms. The molecule has 2 N–H and O–H groups in total. The largest absolute Gasteiger partial charge is 0.550 e. The fourth-order valence-electron chi connectivity index (χ4n) is 0.236. The summed E-state index contributed by atoms with van der Waals surface area (Å²) in [5, 5.41) is 6.30. The third-order valence-electron chi connectivity index (χ3n) is 0.542. The molecule has 0 saturated heterocycles. The Bertz CT molecular complexity index is 139. The predicted octanol–water partition coefficient (Wildman–Crippen LogP) is 0.283. The highest BCUT2D eigenvalue weighted by atomic mass is 32.2. The third kappa shape index (κ3) is 5.87. The minimum atomic E-state index is -3.69. The van der Waals surface area contributed by atoms with Crippen molar-refractivity contribution in [3.63, 3.8) is 0 Å². The van der Waals surface area contributed by atoms with Crippen molar-refractivity contribution in [3.05, 3.63) is 5.14 Å². The molecule has 0 aromatic carbocycles. The maximum Gasteiger partial charge on any atom is 0.132 e. The SMILES string of the molecule is CCCNS([NH-])(=O)=O. The van der Waals surface area contributed by atoms with Crippen LogP contribution in [0.4, 0.5) is 0 Å². The van der Waals surface area contributed by atoms with E-state index >= 15 is 0 Å². The summed E-state index contributed by atoms with van der Waals surface area (Å²) in [5.74, 6) is 0. The standard InChI is InChI=1S/C3H9N2O2S/c1-2-3-5-8(4,6)7/h5H,2-3H2,1H3,(H-,4,6,7)/q-1. The van der Waals surface area contributed by atoms with Crippen molar-refractivity contribution in [2.75, 3.05) is 6.54 Å². The fraction of sp³-hybridized carbons (Fsp3) is 1.00. The molecule has 50 valence electrons. The molecular weight excluding hydrogens is 128 g/mol. The highest BCUT2D eigenvalue weighted by molar-refractivity contribution is 7.91. The van der Waals surface area contributed by atoms with Crippen LogP contribution in [0.5, 0.6) is 0 Å². The average molecular weight is 137 g/mol. The molecule has 0 unspecified atom stereocenters. The van der Waals surface area contributed by atoms with Crippen molar-refractivity contribution in [2.45, 2.75) is 13.3 Å². The molecule has 0 aliphatic heterocycles. The van der Waals surface area contributed by atoms with Crippen LogP contribution >= 0.6 is 0 Å². The molecule has 8 heavy (non-hydrogen) atoms. The molecule has 0 aromatic rings. The Hall–Kier alpha value is -0.130. The van der Waals surface area contributed by atoms with E-state index in [9.17, 15) is 8.42 Å². The predicted molar refractivity (Wildman–Crippen MR) is 31.5 cm³/mol. The van der Waals surface area contributed by atoms with Crippen molar-refractivity contribution in [3.8, 4) is 0 Å². The van der Waals surface area contributed by atoms with Gasteiger partial charge in [0.2, 0.25) is 0 Å². The second-order valence-corrected chi connectivity index (χ2v) is 2.69. The Morgan fingerprint density at radius 1 is 1.62 bits per heavy atom. The first-order chi connectivity index (χ1) is 3.56. The molecule has 0 bridgehead atoms. The molecule has 0 rings (SSSR count). The molecule has 4 nitrogen and oxygen atoms in total. The summed E-state index contributed by atoms with van der Waals surface area (Å²) in [5.41, 5.74) is 0. The number of hydrogen-bond acceptors (Lipinski definition) is 2. The monoisotopic (exact) mass is 137 g/mol. The Morgan fingerprint density at radius 2 is 2.12 bits per heavy atom. The van der Waals surface area contributed by atoms with Gasteiger partial charge in [-0.2, -0.15) is 0 Å². The van der Waals surface area contributed by atoms with Crippen LogP contribution in [-0.4, -0.2) is 15.0 Å². The molecule has 0 atom stereocenters. The van der Waals surface area contributed by atoms with E-state index in [0.717, 1.165) is 6.42 Å². The maximum absolute atomic E-state index is 9.95. The van der Waals surface area contributed by atoms with Gasteiger partial charge in [-0.3, -0.25) is 0 Å². The lowest BCUT2D eigenvalue weighted by molar-refractivity contribution is 0.590. The first kappa shape index (κ1) is 7.87. The average Bonchev–Trinajstić information content (AvgIpc) is 1.59. The van der Waals surface area contributed by atoms with E-state index in [1.807, 2.05) is 11.6 Å². The van der Waals surface area contributed by atoms with Gasteiger partial charge in [-0.1, -0.05) is 6.92 Å². The summed E-state index contributed by atoms with van der Waals surface area (Å²) in [7, 11) is -3.69. The quantitative estimate of drug-likeness (QED) is 0.607. The summed E-state index contributed by atoms with van der Waals surface area (Å²) < 4.78 is 21.9. The van der Waals surface area contributed by atoms with Crippen LogP contribution in [0.15, 0.2) is 0 Å². The minimum Gasteiger partial charge on any atom is -0.550 e. The van der Waals surface area contributed by atoms with Gasteiger partial charge in [-0.05, 0) is 6.42 Å². The molecule has 0 aromatic heterocycles. The van der Waals surface area contributed by atoms with Crippen LogP contribution in [0.3, 0.4) is 0 Å². The second-order valence-electron chi connectivity index (χ2n) is 1.40. The summed E-state index contributed by atoms with van der Waals surface area (Å²) >= 11 is 0. The number of rotatable bonds is 3. The zero-order chi connectivity index (χ0) is 6.62. The Morgan fingerprint density at radius 3 is 2.25 bits per heavy atom. The molecule has 5 heteroatoms. The molecule has 0 amide bonds. The summed E-state index contributed by atoms with van der Waals surface area (Å²) in [4.78, 5) is 0. The van der Waals surface area contributed by atoms with Crippen LogP contribution < -0.4 is 4.72 Å². The lowest BCUT2D eigenvalue weighted by atomic mass is 10.5. The van der Waals surface area contributed by atoms with Gasteiger partial charge in [0.15, 0.2) is 0 Å². The molecule has 0 saturated carbocycles. The molecular formula is C3H9N2O2S-. The van der Waals surface area contributed by atoms with Crippen molar-refractivity contribution in [1.29, 1.82) is 0 Å². The van der Waals surface area contributed by atoms with Gasteiger partial charge in [0.1, 0.15) is 10.2 Å². The smallest absolute Gasteiger partial charge is 0.132 e. The molecule has 0 heterocycles. The van der Waals surface area contributed by atoms with Gasteiger partial charge in [-0.25, -0.2) is 13.1 Å². The highest BCUT2D eigenvalue weighted by Crippen LogP contribution is 1.79. The van der Waals surface area contributed by atoms with Gasteiger partial charge < -0.3 is 5.14 Å². The number of hydrogen-bond donors (Lipinski definition) is 1. The van der Waals surface area contributed by atoms with Crippen LogP contribution in [0, 0.1) is 0 Å². The van der Waals surface area contributed by atoms with E-state index < -0.39 is 10.2 Å². The van der Waals surface area contributed by atoms with E-state index in [-0.39, 0.29) is 0 Å². The maximum atomic E-state index is 9.95. The molecule has 0 fully saturated rings. The second kappa shape index (κ2) is 3.01.